The molecule has 1 heterocycles. The summed E-state index contributed by atoms with van der Waals surface area (Å²) >= 11 is 0. The first-order valence-corrected chi connectivity index (χ1v) is 8.52. The zero-order chi connectivity index (χ0) is 16.3. The number of anilines is 1. The molecule has 0 saturated carbocycles. The molecule has 0 aliphatic rings. The van der Waals surface area contributed by atoms with E-state index in [2.05, 4.69) is 30.1 Å². The Kier molecular flexibility index (Phi) is 4.66. The SMILES string of the molecule is C=C(C)c1ccc(NS(=O)(=O)c2ccc(C(C)C)cc2)nc1. The van der Waals surface area contributed by atoms with Crippen molar-refractivity contribution in [3.8, 4) is 0 Å². The summed E-state index contributed by atoms with van der Waals surface area (Å²) in [6.45, 7) is 9.82. The van der Waals surface area contributed by atoms with Gasteiger partial charge in [0.15, 0.2) is 0 Å². The summed E-state index contributed by atoms with van der Waals surface area (Å²) in [6, 6.07) is 10.3. The van der Waals surface area contributed by atoms with Gasteiger partial charge in [0, 0.05) is 6.20 Å². The van der Waals surface area contributed by atoms with Gasteiger partial charge in [-0.25, -0.2) is 13.4 Å². The number of nitrogens with zero attached hydrogens (tertiary/aromatic N) is 1. The molecule has 1 aromatic carbocycles. The Morgan fingerprint density at radius 1 is 1.14 bits per heavy atom. The van der Waals surface area contributed by atoms with Crippen LogP contribution >= 0.6 is 0 Å². The number of benzene rings is 1. The van der Waals surface area contributed by atoms with Gasteiger partial charge in [-0.05, 0) is 53.8 Å². The van der Waals surface area contributed by atoms with E-state index in [0.717, 1.165) is 16.7 Å². The average molecular weight is 316 g/mol. The van der Waals surface area contributed by atoms with E-state index in [-0.39, 0.29) is 10.7 Å². The Bertz CT molecular complexity index is 761. The van der Waals surface area contributed by atoms with Crippen LogP contribution in [0, 0.1) is 0 Å². The van der Waals surface area contributed by atoms with Crippen molar-refractivity contribution in [2.24, 2.45) is 0 Å². The molecule has 5 heteroatoms. The summed E-state index contributed by atoms with van der Waals surface area (Å²) < 4.78 is 27.1. The number of hydrogen-bond donors (Lipinski definition) is 1. The van der Waals surface area contributed by atoms with Crippen LogP contribution in [-0.2, 0) is 10.0 Å². The number of sulfonamides is 1. The monoisotopic (exact) mass is 316 g/mol. The summed E-state index contributed by atoms with van der Waals surface area (Å²) in [5.41, 5.74) is 2.86. The molecule has 0 aliphatic carbocycles. The largest absolute Gasteiger partial charge is 0.263 e. The van der Waals surface area contributed by atoms with Crippen LogP contribution < -0.4 is 4.72 Å². The predicted octanol–water partition coefficient (Wildman–Crippen LogP) is 4.04. The van der Waals surface area contributed by atoms with Crippen molar-refractivity contribution < 1.29 is 8.42 Å². The molecule has 1 aromatic heterocycles. The highest BCUT2D eigenvalue weighted by Gasteiger charge is 2.15. The summed E-state index contributed by atoms with van der Waals surface area (Å²) in [6.07, 6.45) is 1.60. The van der Waals surface area contributed by atoms with Gasteiger partial charge in [0.2, 0.25) is 0 Å². The van der Waals surface area contributed by atoms with Crippen molar-refractivity contribution in [3.63, 3.8) is 0 Å². The van der Waals surface area contributed by atoms with Crippen molar-refractivity contribution in [1.82, 2.24) is 4.98 Å². The second kappa shape index (κ2) is 6.32. The third kappa shape index (κ3) is 3.74. The topological polar surface area (TPSA) is 59.1 Å². The summed E-state index contributed by atoms with van der Waals surface area (Å²) in [4.78, 5) is 4.33. The molecule has 0 radical (unpaired) electrons. The maximum Gasteiger partial charge on any atom is 0.263 e. The van der Waals surface area contributed by atoms with Crippen LogP contribution in [0.15, 0.2) is 54.1 Å². The minimum atomic E-state index is -3.62. The number of rotatable bonds is 5. The number of hydrogen-bond acceptors (Lipinski definition) is 3. The van der Waals surface area contributed by atoms with Gasteiger partial charge in [-0.3, -0.25) is 4.72 Å². The smallest absolute Gasteiger partial charge is 0.263 e. The molecular formula is C17H20N2O2S. The average Bonchev–Trinajstić information content (AvgIpc) is 2.47. The van der Waals surface area contributed by atoms with Crippen LogP contribution in [0.25, 0.3) is 5.57 Å². The van der Waals surface area contributed by atoms with Crippen molar-refractivity contribution in [3.05, 3.63) is 60.3 Å². The van der Waals surface area contributed by atoms with Crippen LogP contribution in [0.2, 0.25) is 0 Å². The van der Waals surface area contributed by atoms with E-state index in [0.29, 0.717) is 5.92 Å². The van der Waals surface area contributed by atoms with Gasteiger partial charge in [-0.15, -0.1) is 0 Å². The van der Waals surface area contributed by atoms with Crippen molar-refractivity contribution in [2.45, 2.75) is 31.6 Å². The summed E-state index contributed by atoms with van der Waals surface area (Å²) in [5.74, 6) is 0.652. The van der Waals surface area contributed by atoms with Gasteiger partial charge in [0.1, 0.15) is 5.82 Å². The molecule has 0 aliphatic heterocycles. The van der Waals surface area contributed by atoms with E-state index in [4.69, 9.17) is 0 Å². The van der Waals surface area contributed by atoms with Gasteiger partial charge in [-0.2, -0.15) is 0 Å². The minimum Gasteiger partial charge on any atom is -0.263 e. The number of aromatic nitrogens is 1. The van der Waals surface area contributed by atoms with E-state index >= 15 is 0 Å². The number of nitrogens with one attached hydrogen (secondary N) is 1. The lowest BCUT2D eigenvalue weighted by Crippen LogP contribution is -2.14. The molecule has 0 unspecified atom stereocenters. The maximum absolute atomic E-state index is 12.3. The van der Waals surface area contributed by atoms with Crippen molar-refractivity contribution in [1.29, 1.82) is 0 Å². The van der Waals surface area contributed by atoms with E-state index in [1.807, 2.05) is 19.1 Å². The fourth-order valence-electron chi connectivity index (χ4n) is 1.94. The molecule has 0 bridgehead atoms. The molecule has 4 nitrogen and oxygen atoms in total. The van der Waals surface area contributed by atoms with E-state index in [1.54, 1.807) is 30.5 Å². The third-order valence-corrected chi connectivity index (χ3v) is 4.72. The third-order valence-electron chi connectivity index (χ3n) is 3.35. The van der Waals surface area contributed by atoms with Crippen molar-refractivity contribution in [2.75, 3.05) is 4.72 Å². The molecular weight excluding hydrogens is 296 g/mol. The zero-order valence-electron chi connectivity index (χ0n) is 13.0. The van der Waals surface area contributed by atoms with Crippen molar-refractivity contribution >= 4 is 21.4 Å². The van der Waals surface area contributed by atoms with Gasteiger partial charge in [-0.1, -0.05) is 32.6 Å². The lowest BCUT2D eigenvalue weighted by atomic mass is 10.0. The number of allylic oxidation sites excluding steroid dienone is 1. The molecule has 0 amide bonds. The fraction of sp³-hybridized carbons (Fsp3) is 0.235. The first-order valence-electron chi connectivity index (χ1n) is 7.04. The molecule has 0 spiro atoms. The molecule has 2 aromatic rings. The molecule has 2 rings (SSSR count). The van der Waals surface area contributed by atoms with Gasteiger partial charge in [0.05, 0.1) is 4.90 Å². The van der Waals surface area contributed by atoms with Crippen LogP contribution in [0.4, 0.5) is 5.82 Å². The Hall–Kier alpha value is -2.14. The predicted molar refractivity (Wildman–Crippen MR) is 90.3 cm³/mol. The standard InChI is InChI=1S/C17H20N2O2S/c1-12(2)14-5-8-16(9-6-14)22(20,21)19-17-10-7-15(11-18-17)13(3)4/h5-12H,3H2,1-2,4H3,(H,18,19). The van der Waals surface area contributed by atoms with Gasteiger partial charge < -0.3 is 0 Å². The Morgan fingerprint density at radius 2 is 1.77 bits per heavy atom. The van der Waals surface area contributed by atoms with Crippen LogP contribution in [0.5, 0.6) is 0 Å². The molecule has 0 atom stereocenters. The highest BCUT2D eigenvalue weighted by Crippen LogP contribution is 2.20. The highest BCUT2D eigenvalue weighted by molar-refractivity contribution is 7.92. The molecule has 1 N–H and O–H groups in total. The summed E-state index contributed by atoms with van der Waals surface area (Å²) in [7, 11) is -3.62. The highest BCUT2D eigenvalue weighted by atomic mass is 32.2. The molecule has 22 heavy (non-hydrogen) atoms. The van der Waals surface area contributed by atoms with Crippen LogP contribution in [-0.4, -0.2) is 13.4 Å². The van der Waals surface area contributed by atoms with Crippen LogP contribution in [0.3, 0.4) is 0 Å². The maximum atomic E-state index is 12.3. The summed E-state index contributed by atoms with van der Waals surface area (Å²) in [5, 5.41) is 0. The fourth-order valence-corrected chi connectivity index (χ4v) is 2.94. The Labute approximate surface area is 132 Å². The second-order valence-electron chi connectivity index (χ2n) is 5.54. The first kappa shape index (κ1) is 16.2. The molecule has 0 fully saturated rings. The lowest BCUT2D eigenvalue weighted by Gasteiger charge is -2.10. The Morgan fingerprint density at radius 3 is 2.23 bits per heavy atom. The molecule has 116 valence electrons. The lowest BCUT2D eigenvalue weighted by molar-refractivity contribution is 0.601. The number of pyridine rings is 1. The second-order valence-corrected chi connectivity index (χ2v) is 7.22. The molecule has 0 saturated heterocycles. The normalized spacial score (nSPS) is 11.5. The zero-order valence-corrected chi connectivity index (χ0v) is 13.8. The quantitative estimate of drug-likeness (QED) is 0.905. The minimum absolute atomic E-state index is 0.225. The van der Waals surface area contributed by atoms with Gasteiger partial charge >= 0.3 is 0 Å². The van der Waals surface area contributed by atoms with E-state index in [1.165, 1.54) is 0 Å². The first-order chi connectivity index (χ1) is 10.3. The van der Waals surface area contributed by atoms with Crippen LogP contribution in [0.1, 0.15) is 37.8 Å². The van der Waals surface area contributed by atoms with E-state index < -0.39 is 10.0 Å². The van der Waals surface area contributed by atoms with E-state index in [9.17, 15) is 8.42 Å². The Balaban J connectivity index is 2.21. The van der Waals surface area contributed by atoms with Gasteiger partial charge in [0.25, 0.3) is 10.0 Å².